The third-order valence-electron chi connectivity index (χ3n) is 1.54. The Kier molecular flexibility index (Phi) is 1.89. The van der Waals surface area contributed by atoms with Crippen LogP contribution in [0.15, 0.2) is 0 Å². The fraction of sp³-hybridized carbons (Fsp3) is 0.500. The molecule has 0 aliphatic carbocycles. The number of hydrogen-bond donors (Lipinski definition) is 2. The van der Waals surface area contributed by atoms with Gasteiger partial charge in [0.2, 0.25) is 11.8 Å². The molecule has 1 aliphatic rings. The molecular weight excluding hydrogens is 150 g/mol. The topological polar surface area (TPSA) is 83.5 Å². The first-order valence-corrected chi connectivity index (χ1v) is 3.18. The summed E-state index contributed by atoms with van der Waals surface area (Å²) in [6.07, 6.45) is 0.225. The minimum Gasteiger partial charge on any atom is -0.481 e. The Morgan fingerprint density at radius 3 is 2.64 bits per heavy atom. The summed E-state index contributed by atoms with van der Waals surface area (Å²) >= 11 is 0. The lowest BCUT2D eigenvalue weighted by Gasteiger charge is -2.16. The van der Waals surface area contributed by atoms with Crippen molar-refractivity contribution < 1.29 is 19.5 Å². The van der Waals surface area contributed by atoms with Gasteiger partial charge in [-0.3, -0.25) is 19.7 Å². The number of rotatable bonds is 1. The summed E-state index contributed by atoms with van der Waals surface area (Å²) in [5.74, 6) is -3.32. The van der Waals surface area contributed by atoms with Crippen LogP contribution in [0.1, 0.15) is 12.8 Å². The predicted molar refractivity (Wildman–Crippen MR) is 33.5 cm³/mol. The molecule has 5 nitrogen and oxygen atoms in total. The van der Waals surface area contributed by atoms with Gasteiger partial charge in [0.15, 0.2) is 0 Å². The van der Waals surface area contributed by atoms with E-state index < -0.39 is 23.7 Å². The Morgan fingerprint density at radius 1 is 1.55 bits per heavy atom. The fourth-order valence-corrected chi connectivity index (χ4v) is 0.929. The molecule has 60 valence electrons. The first-order chi connectivity index (χ1) is 5.11. The van der Waals surface area contributed by atoms with Crippen molar-refractivity contribution in [3.05, 3.63) is 0 Å². The molecule has 0 saturated carbocycles. The van der Waals surface area contributed by atoms with Crippen LogP contribution in [0, 0.1) is 5.92 Å². The molecule has 1 fully saturated rings. The fourth-order valence-electron chi connectivity index (χ4n) is 0.929. The molecule has 1 unspecified atom stereocenters. The summed E-state index contributed by atoms with van der Waals surface area (Å²) in [5, 5.41) is 10.4. The van der Waals surface area contributed by atoms with Gasteiger partial charge < -0.3 is 5.11 Å². The van der Waals surface area contributed by atoms with E-state index in [-0.39, 0.29) is 12.8 Å². The third kappa shape index (κ3) is 1.54. The summed E-state index contributed by atoms with van der Waals surface area (Å²) in [7, 11) is 0. The summed E-state index contributed by atoms with van der Waals surface area (Å²) in [6.45, 7) is 0. The van der Waals surface area contributed by atoms with Gasteiger partial charge in [0.25, 0.3) is 0 Å². The Morgan fingerprint density at radius 2 is 2.18 bits per heavy atom. The molecule has 0 aromatic rings. The normalized spacial score (nSPS) is 24.5. The zero-order valence-corrected chi connectivity index (χ0v) is 5.66. The average Bonchev–Trinajstić information content (AvgIpc) is 1.85. The quantitative estimate of drug-likeness (QED) is 0.382. The minimum atomic E-state index is -1.17. The summed E-state index contributed by atoms with van der Waals surface area (Å²) in [6, 6.07) is 0. The number of carboxylic acids is 1. The number of piperidine rings is 1. The van der Waals surface area contributed by atoms with E-state index >= 15 is 0 Å². The number of imide groups is 1. The second kappa shape index (κ2) is 2.69. The van der Waals surface area contributed by atoms with Crippen LogP contribution in [-0.4, -0.2) is 22.9 Å². The lowest BCUT2D eigenvalue weighted by Crippen LogP contribution is -2.43. The van der Waals surface area contributed by atoms with E-state index in [0.29, 0.717) is 0 Å². The van der Waals surface area contributed by atoms with E-state index in [4.69, 9.17) is 5.11 Å². The summed E-state index contributed by atoms with van der Waals surface area (Å²) in [5.41, 5.74) is 0. The van der Waals surface area contributed by atoms with Crippen molar-refractivity contribution in [2.45, 2.75) is 12.8 Å². The number of carbonyl (C=O) groups is 3. The van der Waals surface area contributed by atoms with Crippen LogP contribution in [-0.2, 0) is 14.4 Å². The number of nitrogens with one attached hydrogen (secondary N) is 1. The van der Waals surface area contributed by atoms with Crippen molar-refractivity contribution >= 4 is 17.8 Å². The number of amides is 2. The molecule has 1 saturated heterocycles. The van der Waals surface area contributed by atoms with Crippen LogP contribution < -0.4 is 5.32 Å². The molecule has 0 spiro atoms. The van der Waals surface area contributed by atoms with Crippen molar-refractivity contribution in [3.63, 3.8) is 0 Å². The Hall–Kier alpha value is -1.39. The molecule has 2 amide bonds. The van der Waals surface area contributed by atoms with Gasteiger partial charge in [0.05, 0.1) is 0 Å². The Balaban J connectivity index is 2.65. The molecule has 0 bridgehead atoms. The second-order valence-electron chi connectivity index (χ2n) is 2.34. The number of carboxylic acid groups (broad SMARTS) is 1. The van der Waals surface area contributed by atoms with Gasteiger partial charge in [-0.15, -0.1) is 0 Å². The SMILES string of the molecule is O=C1CCC(C(=O)O)C(=O)N1. The van der Waals surface area contributed by atoms with Gasteiger partial charge in [-0.1, -0.05) is 0 Å². The third-order valence-corrected chi connectivity index (χ3v) is 1.54. The molecule has 0 aromatic carbocycles. The highest BCUT2D eigenvalue weighted by atomic mass is 16.4. The van der Waals surface area contributed by atoms with E-state index in [1.807, 2.05) is 5.32 Å². The zero-order chi connectivity index (χ0) is 8.43. The molecule has 1 aliphatic heterocycles. The molecule has 5 heteroatoms. The van der Waals surface area contributed by atoms with E-state index in [2.05, 4.69) is 0 Å². The minimum absolute atomic E-state index is 0.111. The highest BCUT2D eigenvalue weighted by molar-refractivity contribution is 6.06. The lowest BCUT2D eigenvalue weighted by atomic mass is 9.99. The largest absolute Gasteiger partial charge is 0.481 e. The van der Waals surface area contributed by atoms with E-state index in [1.165, 1.54) is 0 Å². The Labute approximate surface area is 62.4 Å². The maximum Gasteiger partial charge on any atom is 0.316 e. The molecule has 0 radical (unpaired) electrons. The zero-order valence-electron chi connectivity index (χ0n) is 5.66. The van der Waals surface area contributed by atoms with Gasteiger partial charge in [0, 0.05) is 6.42 Å². The van der Waals surface area contributed by atoms with Crippen molar-refractivity contribution in [2.24, 2.45) is 5.92 Å². The summed E-state index contributed by atoms with van der Waals surface area (Å²) < 4.78 is 0. The molecule has 0 aromatic heterocycles. The molecule has 11 heavy (non-hydrogen) atoms. The van der Waals surface area contributed by atoms with E-state index in [0.717, 1.165) is 0 Å². The van der Waals surface area contributed by atoms with E-state index in [9.17, 15) is 14.4 Å². The Bertz CT molecular complexity index is 223. The molecule has 1 heterocycles. The van der Waals surface area contributed by atoms with Crippen LogP contribution in [0.5, 0.6) is 0 Å². The van der Waals surface area contributed by atoms with Gasteiger partial charge in [-0.25, -0.2) is 0 Å². The maximum absolute atomic E-state index is 10.7. The van der Waals surface area contributed by atoms with Crippen LogP contribution in [0.4, 0.5) is 0 Å². The second-order valence-corrected chi connectivity index (χ2v) is 2.34. The molecular formula is C6H7NO4. The van der Waals surface area contributed by atoms with Crippen molar-refractivity contribution in [2.75, 3.05) is 0 Å². The predicted octanol–water partition coefficient (Wildman–Crippen LogP) is -0.876. The molecule has 1 rings (SSSR count). The van der Waals surface area contributed by atoms with Crippen LogP contribution in [0.2, 0.25) is 0 Å². The van der Waals surface area contributed by atoms with Crippen LogP contribution in [0.25, 0.3) is 0 Å². The average molecular weight is 157 g/mol. The highest BCUT2D eigenvalue weighted by Gasteiger charge is 2.31. The van der Waals surface area contributed by atoms with Crippen LogP contribution in [0.3, 0.4) is 0 Å². The number of carbonyl (C=O) groups excluding carboxylic acids is 2. The van der Waals surface area contributed by atoms with Gasteiger partial charge in [-0.05, 0) is 6.42 Å². The first kappa shape index (κ1) is 7.71. The monoisotopic (exact) mass is 157 g/mol. The number of aliphatic carboxylic acids is 1. The van der Waals surface area contributed by atoms with Gasteiger partial charge in [-0.2, -0.15) is 0 Å². The molecule has 2 N–H and O–H groups in total. The maximum atomic E-state index is 10.7. The van der Waals surface area contributed by atoms with Gasteiger partial charge in [0.1, 0.15) is 5.92 Å². The van der Waals surface area contributed by atoms with Crippen LogP contribution >= 0.6 is 0 Å². The van der Waals surface area contributed by atoms with E-state index in [1.54, 1.807) is 0 Å². The standard InChI is InChI=1S/C6H7NO4/c8-4-2-1-3(6(10)11)5(9)7-4/h3H,1-2H2,(H,10,11)(H,7,8,9). The van der Waals surface area contributed by atoms with Crippen molar-refractivity contribution in [1.29, 1.82) is 0 Å². The molecule has 1 atom stereocenters. The van der Waals surface area contributed by atoms with Crippen molar-refractivity contribution in [1.82, 2.24) is 5.32 Å². The highest BCUT2D eigenvalue weighted by Crippen LogP contribution is 2.11. The lowest BCUT2D eigenvalue weighted by molar-refractivity contribution is -0.150. The first-order valence-electron chi connectivity index (χ1n) is 3.18. The number of hydrogen-bond acceptors (Lipinski definition) is 3. The van der Waals surface area contributed by atoms with Gasteiger partial charge >= 0.3 is 5.97 Å². The smallest absolute Gasteiger partial charge is 0.316 e. The van der Waals surface area contributed by atoms with Crippen molar-refractivity contribution in [3.8, 4) is 0 Å². The summed E-state index contributed by atoms with van der Waals surface area (Å²) in [4.78, 5) is 31.5.